The molecule has 0 aromatic carbocycles. The van der Waals surface area contributed by atoms with Crippen LogP contribution in [-0.4, -0.2) is 23.7 Å². The fourth-order valence-electron chi connectivity index (χ4n) is 3.07. The number of hydrogen-bond acceptors (Lipinski definition) is 4. The molecule has 4 heteroatoms. The summed E-state index contributed by atoms with van der Waals surface area (Å²) in [5, 5.41) is 7.32. The molecule has 1 heterocycles. The van der Waals surface area contributed by atoms with Crippen LogP contribution in [0.15, 0.2) is 4.52 Å². The highest BCUT2D eigenvalue weighted by Crippen LogP contribution is 2.36. The zero-order valence-electron chi connectivity index (χ0n) is 12.3. The molecule has 2 rings (SSSR count). The molecule has 0 spiro atoms. The summed E-state index contributed by atoms with van der Waals surface area (Å²) in [4.78, 5) is 4.57. The summed E-state index contributed by atoms with van der Waals surface area (Å²) in [6.45, 7) is 3.28. The molecule has 0 radical (unpaired) electrons. The van der Waals surface area contributed by atoms with Crippen molar-refractivity contribution in [3.8, 4) is 0 Å². The summed E-state index contributed by atoms with van der Waals surface area (Å²) in [5.74, 6) is 3.23. The van der Waals surface area contributed by atoms with Gasteiger partial charge in [-0.2, -0.15) is 4.98 Å². The molecule has 108 valence electrons. The lowest BCUT2D eigenvalue weighted by molar-refractivity contribution is 0.294. The second-order valence-corrected chi connectivity index (χ2v) is 5.76. The van der Waals surface area contributed by atoms with Gasteiger partial charge in [0, 0.05) is 12.3 Å². The third kappa shape index (κ3) is 4.30. The predicted molar refractivity (Wildman–Crippen MR) is 76.2 cm³/mol. The Morgan fingerprint density at radius 2 is 2.05 bits per heavy atom. The first-order chi connectivity index (χ1) is 9.33. The molecule has 0 saturated heterocycles. The number of hydrogen-bond donors (Lipinski definition) is 1. The van der Waals surface area contributed by atoms with E-state index in [0.29, 0.717) is 5.92 Å². The van der Waals surface area contributed by atoms with Crippen molar-refractivity contribution in [2.24, 2.45) is 5.92 Å². The quantitative estimate of drug-likeness (QED) is 0.769. The van der Waals surface area contributed by atoms with Crippen molar-refractivity contribution in [2.45, 2.75) is 64.2 Å². The number of nitrogens with zero attached hydrogens (tertiary/aromatic N) is 2. The highest BCUT2D eigenvalue weighted by Gasteiger charge is 2.25. The lowest BCUT2D eigenvalue weighted by Gasteiger charge is -2.26. The van der Waals surface area contributed by atoms with Crippen LogP contribution in [0.5, 0.6) is 0 Å². The van der Waals surface area contributed by atoms with Crippen molar-refractivity contribution in [1.82, 2.24) is 15.5 Å². The van der Waals surface area contributed by atoms with Gasteiger partial charge in [0.05, 0.1) is 0 Å². The third-order valence-electron chi connectivity index (χ3n) is 4.21. The van der Waals surface area contributed by atoms with Gasteiger partial charge in [-0.1, -0.05) is 24.9 Å². The highest BCUT2D eigenvalue weighted by atomic mass is 16.5. The largest absolute Gasteiger partial charge is 0.339 e. The van der Waals surface area contributed by atoms with E-state index in [2.05, 4.69) is 22.4 Å². The first kappa shape index (κ1) is 14.5. The summed E-state index contributed by atoms with van der Waals surface area (Å²) in [6, 6.07) is 0. The van der Waals surface area contributed by atoms with Gasteiger partial charge in [-0.25, -0.2) is 0 Å². The monoisotopic (exact) mass is 265 g/mol. The molecule has 0 unspecified atom stereocenters. The van der Waals surface area contributed by atoms with Crippen LogP contribution in [0.25, 0.3) is 0 Å². The molecule has 0 aliphatic heterocycles. The molecule has 0 atom stereocenters. The molecule has 1 aromatic rings. The molecule has 0 amide bonds. The Morgan fingerprint density at radius 1 is 1.26 bits per heavy atom. The lowest BCUT2D eigenvalue weighted by atomic mass is 9.80. The minimum atomic E-state index is 0.537. The Morgan fingerprint density at radius 3 is 2.74 bits per heavy atom. The molecular formula is C15H27N3O. The highest BCUT2D eigenvalue weighted by molar-refractivity contribution is 4.97. The zero-order valence-corrected chi connectivity index (χ0v) is 12.3. The molecule has 1 fully saturated rings. The van der Waals surface area contributed by atoms with E-state index in [4.69, 9.17) is 4.52 Å². The lowest BCUT2D eigenvalue weighted by Crippen LogP contribution is -2.14. The van der Waals surface area contributed by atoms with Crippen LogP contribution in [0.4, 0.5) is 0 Å². The van der Waals surface area contributed by atoms with Crippen molar-refractivity contribution in [3.05, 3.63) is 11.7 Å². The van der Waals surface area contributed by atoms with E-state index in [1.807, 2.05) is 7.05 Å². The molecule has 0 bridgehead atoms. The van der Waals surface area contributed by atoms with Gasteiger partial charge >= 0.3 is 0 Å². The second kappa shape index (κ2) is 7.63. The number of aryl methyl sites for hydroxylation is 1. The SMILES string of the molecule is CCCC1CCC(c2noc(CCCNC)n2)CC1. The van der Waals surface area contributed by atoms with Gasteiger partial charge in [-0.15, -0.1) is 0 Å². The second-order valence-electron chi connectivity index (χ2n) is 5.76. The Labute approximate surface area is 116 Å². The first-order valence-corrected chi connectivity index (χ1v) is 7.80. The number of aromatic nitrogens is 2. The molecular weight excluding hydrogens is 238 g/mol. The third-order valence-corrected chi connectivity index (χ3v) is 4.21. The van der Waals surface area contributed by atoms with Crippen LogP contribution in [0.2, 0.25) is 0 Å². The standard InChI is InChI=1S/C15H27N3O/c1-3-5-12-7-9-13(10-8-12)15-17-14(19-18-15)6-4-11-16-2/h12-13,16H,3-11H2,1-2H3. The maximum Gasteiger partial charge on any atom is 0.226 e. The topological polar surface area (TPSA) is 51.0 Å². The van der Waals surface area contributed by atoms with E-state index >= 15 is 0 Å². The summed E-state index contributed by atoms with van der Waals surface area (Å²) >= 11 is 0. The van der Waals surface area contributed by atoms with Crippen molar-refractivity contribution in [2.75, 3.05) is 13.6 Å². The van der Waals surface area contributed by atoms with Gasteiger partial charge in [-0.05, 0) is 51.6 Å². The van der Waals surface area contributed by atoms with E-state index in [-0.39, 0.29) is 0 Å². The molecule has 1 saturated carbocycles. The molecule has 1 aliphatic carbocycles. The summed E-state index contributed by atoms with van der Waals surface area (Å²) in [5.41, 5.74) is 0. The minimum absolute atomic E-state index is 0.537. The Balaban J connectivity index is 1.79. The van der Waals surface area contributed by atoms with E-state index in [0.717, 1.165) is 37.0 Å². The van der Waals surface area contributed by atoms with Gasteiger partial charge in [-0.3, -0.25) is 0 Å². The van der Waals surface area contributed by atoms with Gasteiger partial charge in [0.15, 0.2) is 5.82 Å². The maximum absolute atomic E-state index is 5.35. The molecule has 1 aromatic heterocycles. The molecule has 1 N–H and O–H groups in total. The zero-order chi connectivity index (χ0) is 13.5. The average molecular weight is 265 g/mol. The summed E-state index contributed by atoms with van der Waals surface area (Å²) in [6.07, 6.45) is 9.78. The van der Waals surface area contributed by atoms with E-state index < -0.39 is 0 Å². The van der Waals surface area contributed by atoms with E-state index in [1.54, 1.807) is 0 Å². The smallest absolute Gasteiger partial charge is 0.226 e. The normalized spacial score (nSPS) is 23.7. The summed E-state index contributed by atoms with van der Waals surface area (Å²) in [7, 11) is 1.97. The van der Waals surface area contributed by atoms with Crippen LogP contribution in [0.3, 0.4) is 0 Å². The molecule has 1 aliphatic rings. The van der Waals surface area contributed by atoms with E-state index in [1.165, 1.54) is 38.5 Å². The summed E-state index contributed by atoms with van der Waals surface area (Å²) < 4.78 is 5.35. The molecule has 19 heavy (non-hydrogen) atoms. The molecule has 4 nitrogen and oxygen atoms in total. The van der Waals surface area contributed by atoms with Gasteiger partial charge < -0.3 is 9.84 Å². The van der Waals surface area contributed by atoms with E-state index in [9.17, 15) is 0 Å². The first-order valence-electron chi connectivity index (χ1n) is 7.80. The Bertz CT molecular complexity index is 356. The van der Waals surface area contributed by atoms with Crippen molar-refractivity contribution < 1.29 is 4.52 Å². The Hall–Kier alpha value is -0.900. The fourth-order valence-corrected chi connectivity index (χ4v) is 3.07. The van der Waals surface area contributed by atoms with Crippen molar-refractivity contribution in [3.63, 3.8) is 0 Å². The average Bonchev–Trinajstić information content (AvgIpc) is 2.89. The van der Waals surface area contributed by atoms with Crippen molar-refractivity contribution >= 4 is 0 Å². The number of nitrogens with one attached hydrogen (secondary N) is 1. The van der Waals surface area contributed by atoms with Crippen molar-refractivity contribution in [1.29, 1.82) is 0 Å². The van der Waals surface area contributed by atoms with Gasteiger partial charge in [0.1, 0.15) is 0 Å². The van der Waals surface area contributed by atoms with Crippen LogP contribution < -0.4 is 5.32 Å². The maximum atomic E-state index is 5.35. The minimum Gasteiger partial charge on any atom is -0.339 e. The van der Waals surface area contributed by atoms with Crippen LogP contribution in [0.1, 0.15) is 69.5 Å². The predicted octanol–water partition coefficient (Wildman–Crippen LogP) is 3.30. The van der Waals surface area contributed by atoms with Gasteiger partial charge in [0.25, 0.3) is 0 Å². The Kier molecular flexibility index (Phi) is 5.83. The van der Waals surface area contributed by atoms with Crippen LogP contribution in [-0.2, 0) is 6.42 Å². The van der Waals surface area contributed by atoms with Gasteiger partial charge in [0.2, 0.25) is 5.89 Å². The fraction of sp³-hybridized carbons (Fsp3) is 0.867. The number of rotatable bonds is 7. The van der Waals surface area contributed by atoms with Crippen LogP contribution in [0, 0.1) is 5.92 Å². The van der Waals surface area contributed by atoms with Crippen LogP contribution >= 0.6 is 0 Å².